The maximum absolute atomic E-state index is 12.3. The van der Waals surface area contributed by atoms with Gasteiger partial charge in [0.25, 0.3) is 0 Å². The van der Waals surface area contributed by atoms with Crippen molar-refractivity contribution >= 4 is 28.3 Å². The molecule has 0 bridgehead atoms. The Kier molecular flexibility index (Phi) is 17.6. The second-order valence-electron chi connectivity index (χ2n) is 9.71. The third kappa shape index (κ3) is 15.4. The number of carbonyl (C=O) groups excluding carboxylic acids is 2. The summed E-state index contributed by atoms with van der Waals surface area (Å²) in [5.74, 6) is -0.325. The van der Waals surface area contributed by atoms with Crippen LogP contribution in [0, 0.1) is 0 Å². The maximum Gasteiger partial charge on any atom is 0.245 e. The molecule has 6 nitrogen and oxygen atoms in total. The number of nitrogens with zero attached hydrogens (tertiary/aromatic N) is 1. The summed E-state index contributed by atoms with van der Waals surface area (Å²) in [6.07, 6.45) is 32.9. The van der Waals surface area contributed by atoms with Gasteiger partial charge in [0.1, 0.15) is 0 Å². The van der Waals surface area contributed by atoms with Crippen molar-refractivity contribution in [1.82, 2.24) is 15.6 Å². The van der Waals surface area contributed by atoms with Gasteiger partial charge in [-0.25, -0.2) is 4.98 Å². The second-order valence-corrected chi connectivity index (χ2v) is 10.8. The van der Waals surface area contributed by atoms with Crippen LogP contribution in [0.4, 0.5) is 5.13 Å². The van der Waals surface area contributed by atoms with Crippen LogP contribution in [0.1, 0.15) is 88.6 Å². The zero-order valence-electron chi connectivity index (χ0n) is 23.9. The molecule has 0 aliphatic heterocycles. The van der Waals surface area contributed by atoms with E-state index in [2.05, 4.69) is 95.5 Å². The molecule has 0 unspecified atom stereocenters. The number of hydrogen-bond acceptors (Lipinski definition) is 5. The minimum atomic E-state index is -0.229. The molecule has 3 N–H and O–H groups in total. The van der Waals surface area contributed by atoms with Crippen molar-refractivity contribution in [3.05, 3.63) is 71.3 Å². The number of anilines is 1. The van der Waals surface area contributed by atoms with Crippen LogP contribution in [0.15, 0.2) is 60.8 Å². The highest BCUT2D eigenvalue weighted by Gasteiger charge is 2.22. The van der Waals surface area contributed by atoms with Gasteiger partial charge in [-0.2, -0.15) is 0 Å². The molecule has 214 valence electrons. The highest BCUT2D eigenvalue weighted by Crippen LogP contribution is 2.29. The fourth-order valence-corrected chi connectivity index (χ4v) is 5.24. The second kappa shape index (κ2) is 21.1. The maximum atomic E-state index is 12.3. The topological polar surface area (TPSA) is 83.1 Å². The van der Waals surface area contributed by atoms with Gasteiger partial charge in [0, 0.05) is 17.3 Å². The number of thiazole rings is 1. The van der Waals surface area contributed by atoms with Crippen molar-refractivity contribution in [2.24, 2.45) is 0 Å². The summed E-state index contributed by atoms with van der Waals surface area (Å²) in [6.45, 7) is 5.33. The number of hydrogen-bond donors (Lipinski definition) is 3. The van der Waals surface area contributed by atoms with Gasteiger partial charge in [0.05, 0.1) is 12.2 Å². The molecule has 7 heteroatoms. The zero-order chi connectivity index (χ0) is 28.0. The van der Waals surface area contributed by atoms with Crippen LogP contribution in [0.25, 0.3) is 0 Å². The van der Waals surface area contributed by atoms with Gasteiger partial charge in [-0.15, -0.1) is 11.3 Å². The number of fused-ring (bicyclic) bond motifs is 1. The van der Waals surface area contributed by atoms with Gasteiger partial charge in [0.2, 0.25) is 11.8 Å². The van der Waals surface area contributed by atoms with Gasteiger partial charge in [-0.05, 0) is 77.2 Å². The molecule has 1 aromatic rings. The fraction of sp³-hybridized carbons (Fsp3) is 0.531. The number of aromatic nitrogens is 1. The van der Waals surface area contributed by atoms with Crippen LogP contribution in [-0.2, 0) is 22.4 Å². The average molecular weight is 553 g/mol. The molecule has 2 rings (SSSR count). The minimum Gasteiger partial charge on any atom is -0.347 e. The molecule has 1 heterocycles. The Labute approximate surface area is 239 Å². The molecule has 0 saturated carbocycles. The van der Waals surface area contributed by atoms with E-state index in [0.717, 1.165) is 82.9 Å². The van der Waals surface area contributed by atoms with Gasteiger partial charge in [-0.1, -0.05) is 74.6 Å². The number of rotatable bonds is 19. The molecule has 1 aliphatic rings. The predicted octanol–water partition coefficient (Wildman–Crippen LogP) is 6.98. The van der Waals surface area contributed by atoms with E-state index >= 15 is 0 Å². The Morgan fingerprint density at radius 1 is 0.897 bits per heavy atom. The lowest BCUT2D eigenvalue weighted by molar-refractivity contribution is -0.124. The third-order valence-electron chi connectivity index (χ3n) is 6.25. The average Bonchev–Trinajstić information content (AvgIpc) is 3.33. The first-order valence-electron chi connectivity index (χ1n) is 14.7. The van der Waals surface area contributed by atoms with Crippen LogP contribution in [0.2, 0.25) is 0 Å². The first kappa shape index (κ1) is 32.4. The van der Waals surface area contributed by atoms with E-state index in [4.69, 9.17) is 0 Å². The Balaban J connectivity index is 1.49. The molecule has 0 spiro atoms. The van der Waals surface area contributed by atoms with E-state index < -0.39 is 0 Å². The minimum absolute atomic E-state index is 0.0224. The largest absolute Gasteiger partial charge is 0.347 e. The van der Waals surface area contributed by atoms with Crippen LogP contribution >= 0.6 is 11.3 Å². The summed E-state index contributed by atoms with van der Waals surface area (Å²) in [5.41, 5.74) is 1.10. The Bertz CT molecular complexity index is 990. The molecular weight excluding hydrogens is 504 g/mol. The Morgan fingerprint density at radius 3 is 2.18 bits per heavy atom. The zero-order valence-corrected chi connectivity index (χ0v) is 24.7. The van der Waals surface area contributed by atoms with Crippen molar-refractivity contribution < 1.29 is 9.59 Å². The molecule has 0 fully saturated rings. The van der Waals surface area contributed by atoms with Gasteiger partial charge in [-0.3, -0.25) is 9.59 Å². The van der Waals surface area contributed by atoms with Crippen molar-refractivity contribution in [1.29, 1.82) is 0 Å². The lowest BCUT2D eigenvalue weighted by Crippen LogP contribution is -2.34. The summed E-state index contributed by atoms with van der Waals surface area (Å²) < 4.78 is 0. The van der Waals surface area contributed by atoms with Gasteiger partial charge >= 0.3 is 0 Å². The SMILES string of the molecule is CC/C=C\C/C=C\C/C=C\C/C=C\C/C=C\CCCC(=O)NCC(=O)Nc1nc2c(s1)C[C@H](NCCC)CC2. The van der Waals surface area contributed by atoms with Gasteiger partial charge in [0.15, 0.2) is 5.13 Å². The highest BCUT2D eigenvalue weighted by atomic mass is 32.1. The lowest BCUT2D eigenvalue weighted by Gasteiger charge is -2.21. The van der Waals surface area contributed by atoms with Crippen LogP contribution < -0.4 is 16.0 Å². The van der Waals surface area contributed by atoms with Crippen LogP contribution in [0.5, 0.6) is 0 Å². The Hall–Kier alpha value is -2.77. The van der Waals surface area contributed by atoms with E-state index in [9.17, 15) is 9.59 Å². The number of nitrogens with one attached hydrogen (secondary N) is 3. The third-order valence-corrected chi connectivity index (χ3v) is 7.28. The van der Waals surface area contributed by atoms with E-state index in [1.807, 2.05) is 0 Å². The predicted molar refractivity (Wildman–Crippen MR) is 166 cm³/mol. The summed E-state index contributed by atoms with van der Waals surface area (Å²) >= 11 is 1.55. The standard InChI is InChI=1S/C32H48N4O2S/c1-3-5-6-7-8-9-10-11-12-13-14-15-16-17-18-19-20-21-30(37)34-26-31(38)36-32-35-28-23-22-27(33-24-4-2)25-29(28)39-32/h5-6,8-9,11-12,14-15,17-18,27,33H,3-4,7,10,13,16,19-26H2,1-2H3,(H,34,37)(H,35,36,38)/b6-5-,9-8-,12-11-,15-14-,18-17-/t27-/m1/s1. The summed E-state index contributed by atoms with van der Waals surface area (Å²) in [4.78, 5) is 30.2. The molecule has 1 atom stereocenters. The van der Waals surface area contributed by atoms with E-state index in [-0.39, 0.29) is 18.4 Å². The molecule has 0 radical (unpaired) electrons. The lowest BCUT2D eigenvalue weighted by atomic mass is 9.98. The highest BCUT2D eigenvalue weighted by molar-refractivity contribution is 7.15. The quantitative estimate of drug-likeness (QED) is 0.128. The van der Waals surface area contributed by atoms with E-state index in [1.165, 1.54) is 4.88 Å². The van der Waals surface area contributed by atoms with Crippen molar-refractivity contribution in [3.8, 4) is 0 Å². The molecule has 1 aromatic heterocycles. The van der Waals surface area contributed by atoms with Crippen molar-refractivity contribution in [3.63, 3.8) is 0 Å². The molecular formula is C32H48N4O2S. The number of allylic oxidation sites excluding steroid dienone is 10. The summed E-state index contributed by atoms with van der Waals surface area (Å²) in [7, 11) is 0. The number of aryl methyl sites for hydroxylation is 1. The molecule has 0 aromatic carbocycles. The van der Waals surface area contributed by atoms with Crippen LogP contribution in [0.3, 0.4) is 0 Å². The molecule has 0 saturated heterocycles. The fourth-order valence-electron chi connectivity index (χ4n) is 4.13. The van der Waals surface area contributed by atoms with Gasteiger partial charge < -0.3 is 16.0 Å². The molecule has 1 aliphatic carbocycles. The van der Waals surface area contributed by atoms with Crippen molar-refractivity contribution in [2.75, 3.05) is 18.4 Å². The van der Waals surface area contributed by atoms with E-state index in [0.29, 0.717) is 17.6 Å². The Morgan fingerprint density at radius 2 is 1.54 bits per heavy atom. The first-order chi connectivity index (χ1) is 19.1. The molecule has 39 heavy (non-hydrogen) atoms. The normalized spacial score (nSPS) is 15.8. The summed E-state index contributed by atoms with van der Waals surface area (Å²) in [6, 6.07) is 0.496. The number of carbonyl (C=O) groups is 2. The number of unbranched alkanes of at least 4 members (excludes halogenated alkanes) is 1. The summed E-state index contributed by atoms with van der Waals surface area (Å²) in [5, 5.41) is 9.77. The smallest absolute Gasteiger partial charge is 0.245 e. The van der Waals surface area contributed by atoms with Crippen molar-refractivity contribution in [2.45, 2.75) is 96.9 Å². The molecule has 2 amide bonds. The van der Waals surface area contributed by atoms with Crippen LogP contribution in [-0.4, -0.2) is 35.9 Å². The number of amides is 2. The monoisotopic (exact) mass is 552 g/mol. The van der Waals surface area contributed by atoms with E-state index in [1.54, 1.807) is 11.3 Å². The first-order valence-corrected chi connectivity index (χ1v) is 15.5.